The van der Waals surface area contributed by atoms with Crippen molar-refractivity contribution in [2.24, 2.45) is 0 Å². The highest BCUT2D eigenvalue weighted by atomic mass is 32.2. The zero-order chi connectivity index (χ0) is 29.4. The van der Waals surface area contributed by atoms with Crippen LogP contribution in [0.2, 0.25) is 0 Å². The third-order valence-corrected chi connectivity index (χ3v) is 8.58. The molecule has 1 aliphatic carbocycles. The molecule has 0 bridgehead atoms. The van der Waals surface area contributed by atoms with Gasteiger partial charge in [-0.25, -0.2) is 13.2 Å². The molecule has 1 aliphatic rings. The maximum absolute atomic E-state index is 12.2. The van der Waals surface area contributed by atoms with E-state index in [9.17, 15) is 22.9 Å². The normalized spacial score (nSPS) is 12.0. The van der Waals surface area contributed by atoms with Gasteiger partial charge in [-0.2, -0.15) is 4.57 Å². The molecule has 0 saturated heterocycles. The molecule has 6 rings (SSSR count). The molecule has 0 atom stereocenters. The summed E-state index contributed by atoms with van der Waals surface area (Å²) in [5, 5.41) is 9.50. The maximum Gasteiger partial charge on any atom is 0.335 e. The first kappa shape index (κ1) is 29.7. The third-order valence-electron chi connectivity index (χ3n) is 7.72. The summed E-state index contributed by atoms with van der Waals surface area (Å²) >= 11 is 0. The number of nitrogens with zero attached hydrogens (tertiary/aromatic N) is 1. The molecule has 0 amide bonds. The van der Waals surface area contributed by atoms with E-state index in [1.54, 1.807) is 30.3 Å². The van der Waals surface area contributed by atoms with Crippen molar-refractivity contribution >= 4 is 16.1 Å². The molecular formula is C34H29NO7S. The van der Waals surface area contributed by atoms with E-state index in [4.69, 9.17) is 4.74 Å². The van der Waals surface area contributed by atoms with Crippen LogP contribution in [0.4, 0.5) is 0 Å². The lowest BCUT2D eigenvalue weighted by atomic mass is 9.83. The first-order valence-corrected chi connectivity index (χ1v) is 14.9. The fraction of sp³-hybridized carbons (Fsp3) is 0.118. The minimum atomic E-state index is -4.81. The van der Waals surface area contributed by atoms with Crippen LogP contribution in [0.3, 0.4) is 0 Å². The van der Waals surface area contributed by atoms with E-state index >= 15 is 0 Å². The number of carbonyl (C=O) groups is 1. The molecule has 0 aliphatic heterocycles. The van der Waals surface area contributed by atoms with E-state index in [1.165, 1.54) is 24.8 Å². The Morgan fingerprint density at radius 1 is 0.860 bits per heavy atom. The van der Waals surface area contributed by atoms with E-state index in [0.29, 0.717) is 18.5 Å². The number of aromatic carboxylic acids is 1. The van der Waals surface area contributed by atoms with E-state index in [1.807, 2.05) is 36.4 Å². The topological polar surface area (TPSA) is 139 Å². The molecule has 43 heavy (non-hydrogen) atoms. The Bertz CT molecular complexity index is 1940. The SMILES string of the molecule is COc1ccc(-c2cc(-c3ccc(C(=O)O)cc3)[n+](Cc3ccccc3)c3c2CCc2ccccc2-3)cc1S(=O)(=O)[O-].O. The number of methoxy groups -OCH3 is 1. The van der Waals surface area contributed by atoms with Crippen molar-refractivity contribution in [1.29, 1.82) is 0 Å². The second-order valence-electron chi connectivity index (χ2n) is 10.2. The van der Waals surface area contributed by atoms with Gasteiger partial charge in [0.05, 0.1) is 17.6 Å². The minimum absolute atomic E-state index is 0. The summed E-state index contributed by atoms with van der Waals surface area (Å²) in [5.41, 5.74) is 8.58. The highest BCUT2D eigenvalue weighted by Crippen LogP contribution is 2.40. The summed E-state index contributed by atoms with van der Waals surface area (Å²) < 4.78 is 44.0. The van der Waals surface area contributed by atoms with Gasteiger partial charge in [0.1, 0.15) is 15.9 Å². The summed E-state index contributed by atoms with van der Waals surface area (Å²) in [6, 6.07) is 31.7. The predicted molar refractivity (Wildman–Crippen MR) is 161 cm³/mol. The Labute approximate surface area is 249 Å². The number of pyridine rings is 1. The molecule has 9 heteroatoms. The monoisotopic (exact) mass is 595 g/mol. The van der Waals surface area contributed by atoms with Crippen molar-refractivity contribution in [3.8, 4) is 39.4 Å². The van der Waals surface area contributed by atoms with Crippen LogP contribution in [0, 0.1) is 0 Å². The fourth-order valence-corrected chi connectivity index (χ4v) is 6.42. The Balaban J connectivity index is 0.00000368. The van der Waals surface area contributed by atoms with Gasteiger partial charge in [0.2, 0.25) is 11.4 Å². The molecule has 0 spiro atoms. The predicted octanol–water partition coefficient (Wildman–Crippen LogP) is 4.91. The summed E-state index contributed by atoms with van der Waals surface area (Å²) in [7, 11) is -3.48. The van der Waals surface area contributed by atoms with Crippen molar-refractivity contribution in [2.45, 2.75) is 24.3 Å². The number of aromatic nitrogens is 1. The lowest BCUT2D eigenvalue weighted by Gasteiger charge is -2.23. The number of aryl methyl sites for hydroxylation is 1. The van der Waals surface area contributed by atoms with E-state index in [2.05, 4.69) is 28.8 Å². The molecule has 0 saturated carbocycles. The van der Waals surface area contributed by atoms with Crippen molar-refractivity contribution in [2.75, 3.05) is 7.11 Å². The largest absolute Gasteiger partial charge is 0.744 e. The second-order valence-corrected chi connectivity index (χ2v) is 11.5. The van der Waals surface area contributed by atoms with Crippen LogP contribution in [0.5, 0.6) is 5.75 Å². The molecule has 5 aromatic rings. The molecule has 3 N–H and O–H groups in total. The Morgan fingerprint density at radius 3 is 2.21 bits per heavy atom. The van der Waals surface area contributed by atoms with Crippen LogP contribution >= 0.6 is 0 Å². The van der Waals surface area contributed by atoms with Crippen LogP contribution in [-0.2, 0) is 29.5 Å². The maximum atomic E-state index is 12.2. The number of rotatable bonds is 7. The van der Waals surface area contributed by atoms with E-state index < -0.39 is 21.0 Å². The lowest BCUT2D eigenvalue weighted by Crippen LogP contribution is -2.41. The molecule has 0 unspecified atom stereocenters. The fourth-order valence-electron chi connectivity index (χ4n) is 5.75. The molecule has 218 valence electrons. The average Bonchev–Trinajstić information content (AvgIpc) is 3.00. The highest BCUT2D eigenvalue weighted by Gasteiger charge is 2.32. The van der Waals surface area contributed by atoms with Crippen LogP contribution in [0.25, 0.3) is 33.6 Å². The number of fused-ring (bicyclic) bond motifs is 3. The second kappa shape index (κ2) is 11.8. The van der Waals surface area contributed by atoms with Gasteiger partial charge in [-0.15, -0.1) is 0 Å². The van der Waals surface area contributed by atoms with Gasteiger partial charge in [-0.05, 0) is 72.0 Å². The number of carboxylic acids is 1. The smallest absolute Gasteiger partial charge is 0.335 e. The Hall–Kier alpha value is -4.83. The Morgan fingerprint density at radius 2 is 1.53 bits per heavy atom. The molecule has 1 heterocycles. The quantitative estimate of drug-likeness (QED) is 0.210. The third kappa shape index (κ3) is 5.65. The average molecular weight is 596 g/mol. The van der Waals surface area contributed by atoms with Gasteiger partial charge in [-0.3, -0.25) is 0 Å². The van der Waals surface area contributed by atoms with Gasteiger partial charge in [0, 0.05) is 28.3 Å². The van der Waals surface area contributed by atoms with Crippen molar-refractivity contribution < 1.29 is 37.7 Å². The van der Waals surface area contributed by atoms with Gasteiger partial charge >= 0.3 is 5.97 Å². The summed E-state index contributed by atoms with van der Waals surface area (Å²) in [6.45, 7) is 0.552. The minimum Gasteiger partial charge on any atom is -0.744 e. The molecule has 1 aromatic heterocycles. The molecular weight excluding hydrogens is 566 g/mol. The first-order valence-electron chi connectivity index (χ1n) is 13.4. The number of ether oxygens (including phenoxy) is 1. The van der Waals surface area contributed by atoms with Gasteiger partial charge in [0.15, 0.2) is 6.54 Å². The zero-order valence-electron chi connectivity index (χ0n) is 23.3. The van der Waals surface area contributed by atoms with Crippen molar-refractivity contribution in [3.05, 3.63) is 125 Å². The van der Waals surface area contributed by atoms with Gasteiger partial charge in [0.25, 0.3) is 0 Å². The van der Waals surface area contributed by atoms with Crippen molar-refractivity contribution in [1.82, 2.24) is 0 Å². The van der Waals surface area contributed by atoms with Crippen molar-refractivity contribution in [3.63, 3.8) is 0 Å². The number of hydrogen-bond acceptors (Lipinski definition) is 5. The van der Waals surface area contributed by atoms with Crippen LogP contribution < -0.4 is 9.30 Å². The molecule has 0 radical (unpaired) electrons. The van der Waals surface area contributed by atoms with Crippen LogP contribution in [0.1, 0.15) is 27.0 Å². The van der Waals surface area contributed by atoms with Gasteiger partial charge in [-0.1, -0.05) is 54.6 Å². The molecule has 0 fully saturated rings. The van der Waals surface area contributed by atoms with E-state index in [0.717, 1.165) is 45.6 Å². The van der Waals surface area contributed by atoms with Crippen LogP contribution in [-0.4, -0.2) is 36.6 Å². The van der Waals surface area contributed by atoms with Crippen LogP contribution in [0.15, 0.2) is 108 Å². The van der Waals surface area contributed by atoms with Gasteiger partial charge < -0.3 is 19.9 Å². The summed E-state index contributed by atoms with van der Waals surface area (Å²) in [5.74, 6) is -1.02. The highest BCUT2D eigenvalue weighted by molar-refractivity contribution is 7.85. The lowest BCUT2D eigenvalue weighted by molar-refractivity contribution is -0.667. The Kier molecular flexibility index (Phi) is 8.14. The number of carboxylic acid groups (broad SMARTS) is 1. The number of benzene rings is 4. The standard InChI is InChI=1S/C34H27NO6S.H2O/c1-41-31-18-16-26(19-32(31)42(38,39)40)29-20-30(24-11-13-25(14-12-24)34(36)37)35(21-22-7-3-2-4-8-22)33-27-10-6-5-9-23(27)15-17-28(29)33;/h2-14,16,18-20H,15,17,21H2,1H3,(H-,36,37,38,39,40);1H2. The zero-order valence-corrected chi connectivity index (χ0v) is 24.1. The molecule has 4 aromatic carbocycles. The molecule has 8 nitrogen and oxygen atoms in total. The van der Waals surface area contributed by atoms with E-state index in [-0.39, 0.29) is 16.8 Å². The first-order chi connectivity index (χ1) is 20.2. The summed E-state index contributed by atoms with van der Waals surface area (Å²) in [6.07, 6.45) is 1.51. The summed E-state index contributed by atoms with van der Waals surface area (Å²) in [4.78, 5) is 11.2. The number of hydrogen-bond donors (Lipinski definition) is 1.